The summed E-state index contributed by atoms with van der Waals surface area (Å²) >= 11 is 0. The molecule has 96 valence electrons. The maximum Gasteiger partial charge on any atom is 0.0507 e. The van der Waals surface area contributed by atoms with Gasteiger partial charge in [0.25, 0.3) is 0 Å². The molecule has 0 saturated carbocycles. The van der Waals surface area contributed by atoms with Gasteiger partial charge in [-0.05, 0) is 24.7 Å². The normalized spacial score (nSPS) is 10.1. The molecule has 0 aliphatic carbocycles. The molecule has 3 heteroatoms. The molecule has 0 N–H and O–H groups in total. The van der Waals surface area contributed by atoms with Crippen LogP contribution in [0.25, 0.3) is 0 Å². The largest absolute Gasteiger partial charge is 0.384 e. The van der Waals surface area contributed by atoms with Crippen LogP contribution >= 0.6 is 24.9 Å². The maximum absolute atomic E-state index is 5.23. The zero-order valence-corrected chi connectivity index (χ0v) is 13.1. The molecule has 0 spiro atoms. The van der Waals surface area contributed by atoms with E-state index in [9.17, 15) is 0 Å². The van der Waals surface area contributed by atoms with Crippen LogP contribution in [0.5, 0.6) is 0 Å². The van der Waals surface area contributed by atoms with Crippen molar-refractivity contribution in [1.29, 1.82) is 0 Å². The Bertz CT molecular complexity index is 393. The van der Waals surface area contributed by atoms with Crippen LogP contribution in [0, 0.1) is 0 Å². The highest BCUT2D eigenvalue weighted by Gasteiger charge is 2.12. The van der Waals surface area contributed by atoms with Crippen LogP contribution in [0.1, 0.15) is 0 Å². The van der Waals surface area contributed by atoms with E-state index < -0.39 is 0 Å². The Balaban J connectivity index is 0.00000162. The summed E-state index contributed by atoms with van der Waals surface area (Å²) in [6.45, 7) is 0.815. The highest BCUT2D eigenvalue weighted by atomic mass is 79.9. The Morgan fingerprint density at radius 2 is 1.28 bits per heavy atom. The number of halogens is 1. The first-order valence-corrected chi connectivity index (χ1v) is 7.31. The summed E-state index contributed by atoms with van der Waals surface area (Å²) in [7, 11) is 1.49. The Morgan fingerprint density at radius 3 is 1.67 bits per heavy atom. The number of hydrogen-bond donors (Lipinski definition) is 0. The first-order chi connectivity index (χ1) is 8.42. The molecule has 0 bridgehead atoms. The minimum Gasteiger partial charge on any atom is -0.384 e. The number of hydrogen-bond acceptors (Lipinski definition) is 1. The second-order valence-corrected chi connectivity index (χ2v) is 6.15. The lowest BCUT2D eigenvalue weighted by atomic mass is 10.4. The van der Waals surface area contributed by atoms with Crippen molar-refractivity contribution in [3.8, 4) is 0 Å². The minimum absolute atomic E-state index is 0. The summed E-state index contributed by atoms with van der Waals surface area (Å²) in [6, 6.07) is 21.4. The van der Waals surface area contributed by atoms with Crippen LogP contribution in [-0.2, 0) is 4.74 Å². The Kier molecular flexibility index (Phi) is 7.19. The summed E-state index contributed by atoms with van der Waals surface area (Å²) in [5, 5.41) is 2.84. The van der Waals surface area contributed by atoms with Gasteiger partial charge in [-0.1, -0.05) is 60.7 Å². The number of rotatable bonds is 5. The van der Waals surface area contributed by atoms with Gasteiger partial charge < -0.3 is 4.74 Å². The molecule has 0 aliphatic heterocycles. The first kappa shape index (κ1) is 15.4. The van der Waals surface area contributed by atoms with E-state index in [0.29, 0.717) is 0 Å². The molecule has 0 amide bonds. The van der Waals surface area contributed by atoms with Crippen LogP contribution in [0.3, 0.4) is 0 Å². The van der Waals surface area contributed by atoms with E-state index >= 15 is 0 Å². The molecular formula is C15H18BrOP. The van der Waals surface area contributed by atoms with Gasteiger partial charge in [-0.3, -0.25) is 0 Å². The molecule has 2 aromatic carbocycles. The quantitative estimate of drug-likeness (QED) is 0.766. The van der Waals surface area contributed by atoms with E-state index in [1.54, 1.807) is 7.11 Å². The lowest BCUT2D eigenvalue weighted by Crippen LogP contribution is -2.15. The van der Waals surface area contributed by atoms with Gasteiger partial charge in [-0.25, -0.2) is 0 Å². The second-order valence-electron chi connectivity index (χ2n) is 3.82. The van der Waals surface area contributed by atoms with E-state index in [1.807, 2.05) is 0 Å². The van der Waals surface area contributed by atoms with E-state index in [2.05, 4.69) is 60.7 Å². The fraction of sp³-hybridized carbons (Fsp3) is 0.200. The number of ether oxygens (including phenoxy) is 1. The Hall–Kier alpha value is -0.690. The van der Waals surface area contributed by atoms with Gasteiger partial charge >= 0.3 is 0 Å². The molecule has 0 heterocycles. The molecule has 0 aromatic heterocycles. The fourth-order valence-electron chi connectivity index (χ4n) is 1.81. The molecule has 2 rings (SSSR count). The second kappa shape index (κ2) is 8.42. The van der Waals surface area contributed by atoms with Crippen molar-refractivity contribution in [2.24, 2.45) is 0 Å². The molecule has 2 aromatic rings. The zero-order chi connectivity index (χ0) is 11.9. The highest BCUT2D eigenvalue weighted by Crippen LogP contribution is 2.32. The predicted molar refractivity (Wildman–Crippen MR) is 86.1 cm³/mol. The molecule has 0 unspecified atom stereocenters. The average molecular weight is 325 g/mol. The fourth-order valence-corrected chi connectivity index (χ4v) is 4.05. The lowest BCUT2D eigenvalue weighted by Gasteiger charge is -2.18. The topological polar surface area (TPSA) is 9.23 Å². The Morgan fingerprint density at radius 1 is 0.833 bits per heavy atom. The van der Waals surface area contributed by atoms with Gasteiger partial charge in [0.05, 0.1) is 6.61 Å². The predicted octanol–water partition coefficient (Wildman–Crippen LogP) is 3.34. The summed E-state index contributed by atoms with van der Waals surface area (Å²) in [5.74, 6) is 0. The molecule has 1 nitrogen and oxygen atoms in total. The Labute approximate surface area is 121 Å². The van der Waals surface area contributed by atoms with E-state index in [-0.39, 0.29) is 24.9 Å². The number of benzene rings is 2. The molecule has 0 radical (unpaired) electrons. The molecule has 0 saturated heterocycles. The van der Waals surface area contributed by atoms with Crippen LogP contribution in [-0.4, -0.2) is 19.9 Å². The van der Waals surface area contributed by atoms with Gasteiger partial charge in [-0.15, -0.1) is 17.0 Å². The van der Waals surface area contributed by atoms with E-state index in [4.69, 9.17) is 4.74 Å². The third kappa shape index (κ3) is 4.20. The van der Waals surface area contributed by atoms with Crippen LogP contribution in [0.4, 0.5) is 0 Å². The third-order valence-corrected chi connectivity index (χ3v) is 5.13. The van der Waals surface area contributed by atoms with Crippen molar-refractivity contribution in [2.75, 3.05) is 19.9 Å². The summed E-state index contributed by atoms with van der Waals surface area (Å²) < 4.78 is 5.23. The minimum atomic E-state index is -0.282. The van der Waals surface area contributed by atoms with Gasteiger partial charge in [0.15, 0.2) is 0 Å². The van der Waals surface area contributed by atoms with E-state index in [1.165, 1.54) is 10.6 Å². The molecule has 0 fully saturated rings. The van der Waals surface area contributed by atoms with Crippen LogP contribution in [0.2, 0.25) is 0 Å². The van der Waals surface area contributed by atoms with Crippen molar-refractivity contribution < 1.29 is 4.74 Å². The van der Waals surface area contributed by atoms with Crippen molar-refractivity contribution in [3.05, 3.63) is 60.7 Å². The summed E-state index contributed by atoms with van der Waals surface area (Å²) in [5.41, 5.74) is 0. The number of methoxy groups -OCH3 is 1. The SMILES string of the molecule is Br.COCCP(c1ccccc1)c1ccccc1. The smallest absolute Gasteiger partial charge is 0.0507 e. The summed E-state index contributed by atoms with van der Waals surface area (Å²) in [4.78, 5) is 0. The molecule has 18 heavy (non-hydrogen) atoms. The van der Waals surface area contributed by atoms with Crippen LogP contribution in [0.15, 0.2) is 60.7 Å². The first-order valence-electron chi connectivity index (χ1n) is 5.78. The van der Waals surface area contributed by atoms with Gasteiger partial charge in [0.2, 0.25) is 0 Å². The van der Waals surface area contributed by atoms with Crippen molar-refractivity contribution in [2.45, 2.75) is 0 Å². The lowest BCUT2D eigenvalue weighted by molar-refractivity contribution is 0.218. The van der Waals surface area contributed by atoms with Crippen molar-refractivity contribution in [3.63, 3.8) is 0 Å². The van der Waals surface area contributed by atoms with Gasteiger partial charge in [0.1, 0.15) is 0 Å². The standard InChI is InChI=1S/C15H17OP.BrH/c1-16-12-13-17(14-8-4-2-5-9-14)15-10-6-3-7-11-15;/h2-11H,12-13H2,1H3;1H. The molecule has 0 aliphatic rings. The molecular weight excluding hydrogens is 307 g/mol. The average Bonchev–Trinajstić information content (AvgIpc) is 2.42. The van der Waals surface area contributed by atoms with Crippen molar-refractivity contribution >= 4 is 35.5 Å². The van der Waals surface area contributed by atoms with Gasteiger partial charge in [0, 0.05) is 7.11 Å². The monoisotopic (exact) mass is 324 g/mol. The maximum atomic E-state index is 5.23. The summed E-state index contributed by atoms with van der Waals surface area (Å²) in [6.07, 6.45) is 1.08. The van der Waals surface area contributed by atoms with Crippen molar-refractivity contribution in [1.82, 2.24) is 0 Å². The van der Waals surface area contributed by atoms with Crippen LogP contribution < -0.4 is 10.6 Å². The van der Waals surface area contributed by atoms with E-state index in [0.717, 1.165) is 12.8 Å². The zero-order valence-electron chi connectivity index (χ0n) is 10.5. The highest BCUT2D eigenvalue weighted by molar-refractivity contribution is 8.93. The van der Waals surface area contributed by atoms with Gasteiger partial charge in [-0.2, -0.15) is 0 Å². The third-order valence-electron chi connectivity index (χ3n) is 2.65. The molecule has 0 atom stereocenters.